The van der Waals surface area contributed by atoms with Gasteiger partial charge in [-0.2, -0.15) is 5.10 Å². The van der Waals surface area contributed by atoms with Gasteiger partial charge in [0, 0.05) is 17.9 Å². The largest absolute Gasteiger partial charge is 0.334 e. The van der Waals surface area contributed by atoms with Crippen molar-refractivity contribution >= 4 is 39.2 Å². The normalized spacial score (nSPS) is 10.4. The zero-order chi connectivity index (χ0) is 18.4. The van der Waals surface area contributed by atoms with E-state index >= 15 is 0 Å². The Bertz CT molecular complexity index is 768. The quantitative estimate of drug-likeness (QED) is 0.549. The molecular weight excluding hydrogens is 386 g/mol. The maximum absolute atomic E-state index is 12.3. The highest BCUT2D eigenvalue weighted by Crippen LogP contribution is 2.26. The molecule has 2 rings (SSSR count). The van der Waals surface area contributed by atoms with Crippen LogP contribution in [-0.4, -0.2) is 28.7 Å². The Morgan fingerprint density at radius 2 is 1.84 bits per heavy atom. The highest BCUT2D eigenvalue weighted by molar-refractivity contribution is 9.10. The van der Waals surface area contributed by atoms with E-state index in [4.69, 9.17) is 0 Å². The summed E-state index contributed by atoms with van der Waals surface area (Å²) in [6.45, 7) is 7.94. The van der Waals surface area contributed by atoms with Gasteiger partial charge in [0.1, 0.15) is 0 Å². The molecule has 0 fully saturated rings. The van der Waals surface area contributed by atoms with Crippen molar-refractivity contribution in [3.63, 3.8) is 0 Å². The number of halogens is 1. The third-order valence-corrected chi connectivity index (χ3v) is 4.14. The van der Waals surface area contributed by atoms with Crippen molar-refractivity contribution in [1.29, 1.82) is 0 Å². The molecule has 0 aliphatic carbocycles. The maximum Gasteiger partial charge on any atom is 0.319 e. The van der Waals surface area contributed by atoms with Crippen LogP contribution >= 0.6 is 15.9 Å². The summed E-state index contributed by atoms with van der Waals surface area (Å²) in [5, 5.41) is 15.0. The number of urea groups is 1. The lowest BCUT2D eigenvalue weighted by molar-refractivity contribution is 0.102. The van der Waals surface area contributed by atoms with Crippen molar-refractivity contribution < 1.29 is 9.59 Å². The van der Waals surface area contributed by atoms with Crippen LogP contribution in [0.15, 0.2) is 41.4 Å². The SMILES string of the molecule is C=CCNC(=O)Nc1ccc(NC(=O)c2n[nH]c(C(C)C)c2Br)cc1. The summed E-state index contributed by atoms with van der Waals surface area (Å²) in [5.74, 6) is -0.0968. The molecule has 0 atom stereocenters. The van der Waals surface area contributed by atoms with Crippen LogP contribution in [0.3, 0.4) is 0 Å². The Morgan fingerprint density at radius 1 is 1.24 bits per heavy atom. The fraction of sp³-hybridized carbons (Fsp3) is 0.235. The Balaban J connectivity index is 2.00. The van der Waals surface area contributed by atoms with Crippen LogP contribution in [0.1, 0.15) is 35.9 Å². The number of rotatable bonds is 6. The number of hydrogen-bond acceptors (Lipinski definition) is 3. The van der Waals surface area contributed by atoms with Crippen molar-refractivity contribution in [3.8, 4) is 0 Å². The van der Waals surface area contributed by atoms with Crippen LogP contribution in [0.4, 0.5) is 16.2 Å². The molecule has 8 heteroatoms. The summed E-state index contributed by atoms with van der Waals surface area (Å²) >= 11 is 3.41. The summed E-state index contributed by atoms with van der Waals surface area (Å²) in [6.07, 6.45) is 1.59. The second kappa shape index (κ2) is 8.48. The van der Waals surface area contributed by atoms with Crippen molar-refractivity contribution in [2.24, 2.45) is 0 Å². The number of hydrogen-bond donors (Lipinski definition) is 4. The zero-order valence-corrected chi connectivity index (χ0v) is 15.6. The van der Waals surface area contributed by atoms with Gasteiger partial charge in [0.25, 0.3) is 5.91 Å². The second-order valence-electron chi connectivity index (χ2n) is 5.61. The van der Waals surface area contributed by atoms with Crippen LogP contribution in [0, 0.1) is 0 Å². The minimum absolute atomic E-state index is 0.223. The number of nitrogens with one attached hydrogen (secondary N) is 4. The number of aromatic nitrogens is 2. The summed E-state index contributed by atoms with van der Waals surface area (Å²) < 4.78 is 0.664. The fourth-order valence-electron chi connectivity index (χ4n) is 2.04. The first-order valence-corrected chi connectivity index (χ1v) is 8.52. The number of amides is 3. The molecule has 1 aromatic heterocycles. The van der Waals surface area contributed by atoms with Crippen LogP contribution in [0.5, 0.6) is 0 Å². The van der Waals surface area contributed by atoms with Gasteiger partial charge in [-0.1, -0.05) is 19.9 Å². The van der Waals surface area contributed by atoms with Gasteiger partial charge in [-0.3, -0.25) is 9.89 Å². The van der Waals surface area contributed by atoms with Crippen LogP contribution in [0.25, 0.3) is 0 Å². The van der Waals surface area contributed by atoms with E-state index in [9.17, 15) is 9.59 Å². The monoisotopic (exact) mass is 405 g/mol. The fourth-order valence-corrected chi connectivity index (χ4v) is 2.86. The Hall–Kier alpha value is -2.61. The first-order chi connectivity index (χ1) is 11.9. The van der Waals surface area contributed by atoms with Crippen molar-refractivity contribution in [3.05, 3.63) is 52.8 Å². The van der Waals surface area contributed by atoms with Crippen LogP contribution < -0.4 is 16.0 Å². The maximum atomic E-state index is 12.3. The van der Waals surface area contributed by atoms with E-state index in [2.05, 4.69) is 48.7 Å². The van der Waals surface area contributed by atoms with E-state index < -0.39 is 0 Å². The molecule has 4 N–H and O–H groups in total. The van der Waals surface area contributed by atoms with Crippen molar-refractivity contribution in [2.75, 3.05) is 17.2 Å². The molecule has 1 aromatic carbocycles. The molecule has 25 heavy (non-hydrogen) atoms. The lowest BCUT2D eigenvalue weighted by Gasteiger charge is -2.08. The van der Waals surface area contributed by atoms with Crippen molar-refractivity contribution in [1.82, 2.24) is 15.5 Å². The number of benzene rings is 1. The number of anilines is 2. The average molecular weight is 406 g/mol. The van der Waals surface area contributed by atoms with Gasteiger partial charge in [-0.05, 0) is 46.1 Å². The third-order valence-electron chi connectivity index (χ3n) is 3.33. The topological polar surface area (TPSA) is 98.9 Å². The van der Waals surface area contributed by atoms with Crippen LogP contribution in [-0.2, 0) is 0 Å². The summed E-state index contributed by atoms with van der Waals surface area (Å²) in [5.41, 5.74) is 2.38. The van der Waals surface area contributed by atoms with Crippen LogP contribution in [0.2, 0.25) is 0 Å². The van der Waals surface area contributed by atoms with E-state index in [0.717, 1.165) is 5.69 Å². The molecule has 7 nitrogen and oxygen atoms in total. The molecule has 2 aromatic rings. The molecule has 0 spiro atoms. The highest BCUT2D eigenvalue weighted by atomic mass is 79.9. The first-order valence-electron chi connectivity index (χ1n) is 7.73. The molecule has 1 heterocycles. The third kappa shape index (κ3) is 4.93. The first kappa shape index (κ1) is 18.7. The standard InChI is InChI=1S/C17H20BrN5O2/c1-4-9-19-17(25)21-12-7-5-11(6-8-12)20-16(24)15-13(18)14(10(2)3)22-23-15/h4-8,10H,1,9H2,2-3H3,(H,20,24)(H,22,23)(H2,19,21,25). The molecule has 0 saturated carbocycles. The second-order valence-corrected chi connectivity index (χ2v) is 6.40. The molecule has 0 radical (unpaired) electrons. The smallest absolute Gasteiger partial charge is 0.319 e. The van der Waals surface area contributed by atoms with Crippen molar-refractivity contribution in [2.45, 2.75) is 19.8 Å². The van der Waals surface area contributed by atoms with Gasteiger partial charge in [-0.25, -0.2) is 4.79 Å². The van der Waals surface area contributed by atoms with Gasteiger partial charge >= 0.3 is 6.03 Å². The summed E-state index contributed by atoms with van der Waals surface area (Å²) in [7, 11) is 0. The van der Waals surface area contributed by atoms with E-state index in [0.29, 0.717) is 28.1 Å². The molecule has 0 saturated heterocycles. The Labute approximate surface area is 154 Å². The zero-order valence-electron chi connectivity index (χ0n) is 14.0. The number of H-pyrrole nitrogens is 1. The van der Waals surface area contributed by atoms with Gasteiger partial charge in [-0.15, -0.1) is 6.58 Å². The molecular formula is C17H20BrN5O2. The van der Waals surface area contributed by atoms with Gasteiger partial charge in [0.15, 0.2) is 5.69 Å². The Morgan fingerprint density at radius 3 is 2.36 bits per heavy atom. The molecule has 132 valence electrons. The van der Waals surface area contributed by atoms with Gasteiger partial charge in [0.2, 0.25) is 0 Å². The molecule has 0 aliphatic heterocycles. The summed E-state index contributed by atoms with van der Waals surface area (Å²) in [4.78, 5) is 23.9. The predicted molar refractivity (Wildman–Crippen MR) is 102 cm³/mol. The lowest BCUT2D eigenvalue weighted by atomic mass is 10.1. The van der Waals surface area contributed by atoms with Gasteiger partial charge in [0.05, 0.1) is 10.2 Å². The molecule has 3 amide bonds. The van der Waals surface area contributed by atoms with E-state index in [1.54, 1.807) is 30.3 Å². The van der Waals surface area contributed by atoms with E-state index in [1.165, 1.54) is 0 Å². The lowest BCUT2D eigenvalue weighted by Crippen LogP contribution is -2.28. The molecule has 0 unspecified atom stereocenters. The predicted octanol–water partition coefficient (Wildman–Crippen LogP) is 3.86. The number of carbonyl (C=O) groups is 2. The highest BCUT2D eigenvalue weighted by Gasteiger charge is 2.19. The number of aromatic amines is 1. The average Bonchev–Trinajstić information content (AvgIpc) is 2.96. The molecule has 0 aliphatic rings. The molecule has 0 bridgehead atoms. The van der Waals surface area contributed by atoms with E-state index in [1.807, 2.05) is 13.8 Å². The van der Waals surface area contributed by atoms with Gasteiger partial charge < -0.3 is 16.0 Å². The number of carbonyl (C=O) groups excluding carboxylic acids is 2. The minimum Gasteiger partial charge on any atom is -0.334 e. The van der Waals surface area contributed by atoms with E-state index in [-0.39, 0.29) is 17.9 Å². The number of nitrogens with zero attached hydrogens (tertiary/aromatic N) is 1. The Kier molecular flexibility index (Phi) is 6.35. The summed E-state index contributed by atoms with van der Waals surface area (Å²) in [6, 6.07) is 6.47. The minimum atomic E-state index is -0.321.